The van der Waals surface area contributed by atoms with Crippen LogP contribution >= 0.6 is 11.8 Å². The van der Waals surface area contributed by atoms with Crippen molar-refractivity contribution in [3.8, 4) is 0 Å². The molecule has 2 aromatic rings. The Balaban J connectivity index is 1.62. The summed E-state index contributed by atoms with van der Waals surface area (Å²) in [5.41, 5.74) is 0.712. The summed E-state index contributed by atoms with van der Waals surface area (Å²) in [6, 6.07) is 1.88. The summed E-state index contributed by atoms with van der Waals surface area (Å²) in [6.07, 6.45) is 1.74. The summed E-state index contributed by atoms with van der Waals surface area (Å²) in [4.78, 5) is 12.2. The molecular weight excluding hydrogens is 320 g/mol. The van der Waals surface area contributed by atoms with Crippen molar-refractivity contribution in [2.45, 2.75) is 43.1 Å². The number of nitrogens with one attached hydrogen (secondary N) is 1. The van der Waals surface area contributed by atoms with Gasteiger partial charge in [-0.3, -0.25) is 10.1 Å². The van der Waals surface area contributed by atoms with Gasteiger partial charge in [0, 0.05) is 19.3 Å². The van der Waals surface area contributed by atoms with E-state index in [0.29, 0.717) is 29.9 Å². The number of carbonyl (C=O) groups is 1. The van der Waals surface area contributed by atoms with Crippen molar-refractivity contribution < 1.29 is 14.1 Å². The third-order valence-corrected chi connectivity index (χ3v) is 4.57. The first kappa shape index (κ1) is 15.9. The van der Waals surface area contributed by atoms with E-state index < -0.39 is 0 Å². The van der Waals surface area contributed by atoms with Gasteiger partial charge < -0.3 is 9.26 Å². The van der Waals surface area contributed by atoms with Gasteiger partial charge in [0.1, 0.15) is 0 Å². The average molecular weight is 338 g/mol. The van der Waals surface area contributed by atoms with Crippen LogP contribution in [0.2, 0.25) is 0 Å². The number of ether oxygens (including phenoxy) is 1. The standard InChI is InChI=1S/C13H18N6O3S/c1-8-7-11(22-16-8)14-12(20)9(2)23-13-15-17-18-19(13)10-3-5-21-6-4-10/h7,9-10H,3-6H2,1-2H3,(H,14,20)/t9-/m0/s1. The zero-order chi connectivity index (χ0) is 16.2. The quantitative estimate of drug-likeness (QED) is 0.816. The number of tetrazole rings is 1. The van der Waals surface area contributed by atoms with Crippen molar-refractivity contribution >= 4 is 23.6 Å². The first-order chi connectivity index (χ1) is 11.1. The van der Waals surface area contributed by atoms with Crippen molar-refractivity contribution in [1.29, 1.82) is 0 Å². The van der Waals surface area contributed by atoms with E-state index in [0.717, 1.165) is 12.8 Å². The number of hydrogen-bond acceptors (Lipinski definition) is 8. The topological polar surface area (TPSA) is 108 Å². The van der Waals surface area contributed by atoms with Gasteiger partial charge >= 0.3 is 0 Å². The molecule has 9 nitrogen and oxygen atoms in total. The van der Waals surface area contributed by atoms with Gasteiger partial charge in [-0.1, -0.05) is 16.9 Å². The molecule has 1 amide bonds. The van der Waals surface area contributed by atoms with Crippen LogP contribution in [0.1, 0.15) is 31.5 Å². The van der Waals surface area contributed by atoms with Gasteiger partial charge in [0.25, 0.3) is 0 Å². The highest BCUT2D eigenvalue weighted by Crippen LogP contribution is 2.27. The molecule has 1 aliphatic heterocycles. The number of aromatic nitrogens is 5. The molecule has 2 aromatic heterocycles. The minimum atomic E-state index is -0.370. The van der Waals surface area contributed by atoms with Crippen LogP contribution < -0.4 is 5.32 Å². The van der Waals surface area contributed by atoms with E-state index in [-0.39, 0.29) is 17.2 Å². The van der Waals surface area contributed by atoms with Crippen molar-refractivity contribution in [3.63, 3.8) is 0 Å². The molecule has 0 aromatic carbocycles. The second-order valence-electron chi connectivity index (χ2n) is 5.33. The normalized spacial score (nSPS) is 17.1. The average Bonchev–Trinajstić information content (AvgIpc) is 3.17. The Hall–Kier alpha value is -1.94. The van der Waals surface area contributed by atoms with Crippen LogP contribution in [0.25, 0.3) is 0 Å². The van der Waals surface area contributed by atoms with Gasteiger partial charge in [0.05, 0.1) is 17.0 Å². The molecule has 1 N–H and O–H groups in total. The van der Waals surface area contributed by atoms with Crippen LogP contribution in [-0.4, -0.2) is 49.7 Å². The Morgan fingerprint density at radius 3 is 2.96 bits per heavy atom. The number of carbonyl (C=O) groups excluding carboxylic acids is 1. The third kappa shape index (κ3) is 3.88. The molecule has 0 unspecified atom stereocenters. The van der Waals surface area contributed by atoms with E-state index in [2.05, 4.69) is 26.0 Å². The zero-order valence-electron chi connectivity index (χ0n) is 12.9. The summed E-state index contributed by atoms with van der Waals surface area (Å²) >= 11 is 1.32. The van der Waals surface area contributed by atoms with E-state index in [1.54, 1.807) is 24.6 Å². The first-order valence-electron chi connectivity index (χ1n) is 7.40. The van der Waals surface area contributed by atoms with Crippen molar-refractivity contribution in [2.75, 3.05) is 18.5 Å². The van der Waals surface area contributed by atoms with Crippen molar-refractivity contribution in [3.05, 3.63) is 11.8 Å². The molecular formula is C13H18N6O3S. The lowest BCUT2D eigenvalue weighted by Gasteiger charge is -2.22. The Morgan fingerprint density at radius 2 is 2.26 bits per heavy atom. The maximum atomic E-state index is 12.2. The van der Waals surface area contributed by atoms with E-state index in [4.69, 9.17) is 9.26 Å². The number of nitrogens with zero attached hydrogens (tertiary/aromatic N) is 5. The molecule has 0 radical (unpaired) electrons. The van der Waals surface area contributed by atoms with Gasteiger partial charge in [-0.05, 0) is 37.1 Å². The Morgan fingerprint density at radius 1 is 1.48 bits per heavy atom. The van der Waals surface area contributed by atoms with Crippen LogP contribution in [0, 0.1) is 6.92 Å². The number of amides is 1. The lowest BCUT2D eigenvalue weighted by molar-refractivity contribution is -0.115. The lowest BCUT2D eigenvalue weighted by Crippen LogP contribution is -2.24. The summed E-state index contributed by atoms with van der Waals surface area (Å²) in [7, 11) is 0. The number of hydrogen-bond donors (Lipinski definition) is 1. The van der Waals surface area contributed by atoms with Gasteiger partial charge in [-0.2, -0.15) is 0 Å². The smallest absolute Gasteiger partial charge is 0.240 e. The minimum Gasteiger partial charge on any atom is -0.381 e. The fourth-order valence-electron chi connectivity index (χ4n) is 2.28. The highest BCUT2D eigenvalue weighted by molar-refractivity contribution is 8.00. The molecule has 124 valence electrons. The van der Waals surface area contributed by atoms with Crippen LogP contribution in [0.5, 0.6) is 0 Å². The predicted molar refractivity (Wildman–Crippen MR) is 82.1 cm³/mol. The number of thioether (sulfide) groups is 1. The maximum Gasteiger partial charge on any atom is 0.240 e. The molecule has 0 spiro atoms. The molecule has 10 heteroatoms. The van der Waals surface area contributed by atoms with E-state index in [9.17, 15) is 4.79 Å². The van der Waals surface area contributed by atoms with E-state index >= 15 is 0 Å². The van der Waals surface area contributed by atoms with Gasteiger partial charge in [0.15, 0.2) is 0 Å². The van der Waals surface area contributed by atoms with E-state index in [1.807, 2.05) is 0 Å². The van der Waals surface area contributed by atoms with E-state index in [1.165, 1.54) is 11.8 Å². The Labute approximate surface area is 137 Å². The maximum absolute atomic E-state index is 12.2. The highest BCUT2D eigenvalue weighted by Gasteiger charge is 2.24. The molecule has 1 aliphatic rings. The highest BCUT2D eigenvalue weighted by atomic mass is 32.2. The molecule has 23 heavy (non-hydrogen) atoms. The molecule has 3 rings (SSSR count). The molecule has 3 heterocycles. The molecule has 0 saturated carbocycles. The Kier molecular flexibility index (Phi) is 4.91. The van der Waals surface area contributed by atoms with Crippen LogP contribution in [0.15, 0.2) is 15.7 Å². The lowest BCUT2D eigenvalue weighted by atomic mass is 10.1. The first-order valence-corrected chi connectivity index (χ1v) is 8.28. The molecule has 1 saturated heterocycles. The largest absolute Gasteiger partial charge is 0.381 e. The molecule has 1 atom stereocenters. The van der Waals surface area contributed by atoms with Crippen molar-refractivity contribution in [2.24, 2.45) is 0 Å². The monoisotopic (exact) mass is 338 g/mol. The second kappa shape index (κ2) is 7.09. The summed E-state index contributed by atoms with van der Waals surface area (Å²) in [5, 5.41) is 18.5. The van der Waals surface area contributed by atoms with Gasteiger partial charge in [0.2, 0.25) is 16.9 Å². The minimum absolute atomic E-state index is 0.187. The third-order valence-electron chi connectivity index (χ3n) is 3.53. The fourth-order valence-corrected chi connectivity index (χ4v) is 3.14. The van der Waals surface area contributed by atoms with Crippen LogP contribution in [-0.2, 0) is 9.53 Å². The fraction of sp³-hybridized carbons (Fsp3) is 0.615. The van der Waals surface area contributed by atoms with Gasteiger partial charge in [-0.15, -0.1) is 5.10 Å². The second-order valence-corrected chi connectivity index (χ2v) is 6.64. The number of rotatable bonds is 5. The summed E-state index contributed by atoms with van der Waals surface area (Å²) in [5.74, 6) is 0.150. The van der Waals surface area contributed by atoms with Crippen molar-refractivity contribution in [1.82, 2.24) is 25.4 Å². The molecule has 0 bridgehead atoms. The SMILES string of the molecule is Cc1cc(NC(=O)[C@H](C)Sc2nnnn2C2CCOCC2)on1. The number of anilines is 1. The summed E-state index contributed by atoms with van der Waals surface area (Å²) < 4.78 is 12.1. The Bertz CT molecular complexity index is 666. The van der Waals surface area contributed by atoms with Gasteiger partial charge in [-0.25, -0.2) is 4.68 Å². The zero-order valence-corrected chi connectivity index (χ0v) is 13.7. The predicted octanol–water partition coefficient (Wildman–Crippen LogP) is 1.44. The van der Waals surface area contributed by atoms with Crippen LogP contribution in [0.3, 0.4) is 0 Å². The molecule has 0 aliphatic carbocycles. The van der Waals surface area contributed by atoms with Crippen LogP contribution in [0.4, 0.5) is 5.88 Å². The summed E-state index contributed by atoms with van der Waals surface area (Å²) in [6.45, 7) is 5.00. The number of aryl methyl sites for hydroxylation is 1. The molecule has 1 fully saturated rings.